The van der Waals surface area contributed by atoms with Crippen LogP contribution in [0.1, 0.15) is 33.0 Å². The average Bonchev–Trinajstić information content (AvgIpc) is 3.42. The molecule has 2 saturated heterocycles. The molecule has 0 spiro atoms. The van der Waals surface area contributed by atoms with Crippen LogP contribution in [-0.4, -0.2) is 50.9 Å². The predicted octanol–water partition coefficient (Wildman–Crippen LogP) is 1.12. The summed E-state index contributed by atoms with van der Waals surface area (Å²) in [4.78, 5) is 36.8. The highest BCUT2D eigenvalue weighted by molar-refractivity contribution is 7.16. The lowest BCUT2D eigenvalue weighted by atomic mass is 10.1. The van der Waals surface area contributed by atoms with E-state index in [1.807, 2.05) is 29.8 Å². The van der Waals surface area contributed by atoms with Gasteiger partial charge in [-0.25, -0.2) is 4.98 Å². The molecule has 29 heavy (non-hydrogen) atoms. The smallest absolute Gasteiger partial charge is 0.261 e. The molecule has 0 aliphatic carbocycles. The van der Waals surface area contributed by atoms with Crippen molar-refractivity contribution in [3.63, 3.8) is 0 Å². The Balaban J connectivity index is 1.22. The number of carbonyl (C=O) groups excluding carboxylic acids is 1. The normalized spacial score (nSPS) is 21.7. The Bertz CT molecular complexity index is 1080. The number of nitrogens with one attached hydrogen (secondary N) is 3. The van der Waals surface area contributed by atoms with E-state index in [0.29, 0.717) is 18.5 Å². The number of aryl methyl sites for hydroxylation is 1. The maximum Gasteiger partial charge on any atom is 0.261 e. The van der Waals surface area contributed by atoms with Crippen LogP contribution < -0.4 is 16.2 Å². The Morgan fingerprint density at radius 1 is 1.34 bits per heavy atom. The van der Waals surface area contributed by atoms with Crippen molar-refractivity contribution < 1.29 is 4.79 Å². The highest BCUT2D eigenvalue weighted by Gasteiger charge is 2.37. The largest absolute Gasteiger partial charge is 0.346 e. The van der Waals surface area contributed by atoms with E-state index in [-0.39, 0.29) is 23.6 Å². The number of thiazole rings is 1. The van der Waals surface area contributed by atoms with Crippen LogP contribution in [0.15, 0.2) is 29.3 Å². The van der Waals surface area contributed by atoms with Gasteiger partial charge in [-0.3, -0.25) is 18.9 Å². The highest BCUT2D eigenvalue weighted by atomic mass is 32.1. The lowest BCUT2D eigenvalue weighted by Crippen LogP contribution is -2.35. The zero-order valence-electron chi connectivity index (χ0n) is 16.3. The van der Waals surface area contributed by atoms with Crippen LogP contribution in [0.3, 0.4) is 0 Å². The van der Waals surface area contributed by atoms with Gasteiger partial charge in [0.2, 0.25) is 0 Å². The van der Waals surface area contributed by atoms with Crippen LogP contribution in [0.4, 0.5) is 0 Å². The van der Waals surface area contributed by atoms with Crippen molar-refractivity contribution in [3.05, 3.63) is 56.7 Å². The van der Waals surface area contributed by atoms with Crippen molar-refractivity contribution in [3.8, 4) is 0 Å². The number of hydrogen-bond acceptors (Lipinski definition) is 6. The van der Waals surface area contributed by atoms with E-state index in [1.54, 1.807) is 17.4 Å². The Kier molecular flexibility index (Phi) is 4.73. The number of imidazole rings is 1. The SMILES string of the molecule is Cc1cn2cc(CNC(=O)c3ccc(CN4CC[C@H]5CNC[C@H]54)[nH]c3=O)nc2s1. The quantitative estimate of drug-likeness (QED) is 0.584. The summed E-state index contributed by atoms with van der Waals surface area (Å²) >= 11 is 1.60. The predicted molar refractivity (Wildman–Crippen MR) is 111 cm³/mol. The highest BCUT2D eigenvalue weighted by Crippen LogP contribution is 2.28. The van der Waals surface area contributed by atoms with Crippen molar-refractivity contribution in [2.45, 2.75) is 32.5 Å². The van der Waals surface area contributed by atoms with Crippen LogP contribution in [0.25, 0.3) is 4.96 Å². The summed E-state index contributed by atoms with van der Waals surface area (Å²) in [6.45, 7) is 6.19. The van der Waals surface area contributed by atoms with E-state index in [0.717, 1.165) is 36.0 Å². The van der Waals surface area contributed by atoms with Crippen molar-refractivity contribution >= 4 is 22.2 Å². The first kappa shape index (κ1) is 18.5. The number of H-pyrrole nitrogens is 1. The van der Waals surface area contributed by atoms with Gasteiger partial charge in [0.1, 0.15) is 5.56 Å². The van der Waals surface area contributed by atoms with Crippen molar-refractivity contribution in [1.82, 2.24) is 29.9 Å². The Labute approximate surface area is 172 Å². The third-order valence-electron chi connectivity index (χ3n) is 5.90. The first-order valence-corrected chi connectivity index (χ1v) is 10.8. The third-order valence-corrected chi connectivity index (χ3v) is 6.81. The molecule has 152 valence electrons. The molecule has 0 bridgehead atoms. The van der Waals surface area contributed by atoms with E-state index in [1.165, 1.54) is 11.3 Å². The summed E-state index contributed by atoms with van der Waals surface area (Å²) < 4.78 is 1.95. The molecule has 3 aromatic heterocycles. The van der Waals surface area contributed by atoms with Gasteiger partial charge in [-0.1, -0.05) is 0 Å². The molecular formula is C20H24N6O2S. The summed E-state index contributed by atoms with van der Waals surface area (Å²) in [5, 5.41) is 6.24. The number of rotatable bonds is 5. The molecule has 0 unspecified atom stereocenters. The molecule has 5 heterocycles. The van der Waals surface area contributed by atoms with Crippen LogP contribution in [-0.2, 0) is 13.1 Å². The molecule has 5 rings (SSSR count). The van der Waals surface area contributed by atoms with Gasteiger partial charge < -0.3 is 15.6 Å². The van der Waals surface area contributed by atoms with Gasteiger partial charge in [0.25, 0.3) is 11.5 Å². The molecule has 0 aromatic carbocycles. The van der Waals surface area contributed by atoms with Gasteiger partial charge in [-0.15, -0.1) is 11.3 Å². The summed E-state index contributed by atoms with van der Waals surface area (Å²) in [6, 6.07) is 4.02. The van der Waals surface area contributed by atoms with E-state index >= 15 is 0 Å². The number of fused-ring (bicyclic) bond motifs is 2. The number of hydrogen-bond donors (Lipinski definition) is 3. The second-order valence-corrected chi connectivity index (χ2v) is 9.13. The van der Waals surface area contributed by atoms with Gasteiger partial charge in [-0.05, 0) is 44.5 Å². The summed E-state index contributed by atoms with van der Waals surface area (Å²) in [6.07, 6.45) is 5.10. The van der Waals surface area contributed by atoms with Gasteiger partial charge in [-0.2, -0.15) is 0 Å². The van der Waals surface area contributed by atoms with E-state index in [2.05, 4.69) is 25.5 Å². The molecule has 2 fully saturated rings. The zero-order chi connectivity index (χ0) is 20.0. The minimum absolute atomic E-state index is 0.132. The first-order valence-electron chi connectivity index (χ1n) is 9.96. The fourth-order valence-corrected chi connectivity index (χ4v) is 5.28. The lowest BCUT2D eigenvalue weighted by Gasteiger charge is -2.22. The number of nitrogens with zero attached hydrogens (tertiary/aromatic N) is 3. The number of aromatic amines is 1. The molecule has 2 atom stereocenters. The molecule has 2 aliphatic heterocycles. The fourth-order valence-electron chi connectivity index (χ4n) is 4.45. The maximum atomic E-state index is 12.5. The minimum atomic E-state index is -0.383. The molecule has 3 N–H and O–H groups in total. The Morgan fingerprint density at radius 2 is 2.24 bits per heavy atom. The third kappa shape index (κ3) is 3.61. The molecule has 9 heteroatoms. The molecule has 2 aliphatic rings. The first-order chi connectivity index (χ1) is 14.1. The van der Waals surface area contributed by atoms with Gasteiger partial charge in [0.15, 0.2) is 4.96 Å². The maximum absolute atomic E-state index is 12.5. The van der Waals surface area contributed by atoms with E-state index in [4.69, 9.17) is 0 Å². The number of carbonyl (C=O) groups is 1. The van der Waals surface area contributed by atoms with Crippen LogP contribution in [0.2, 0.25) is 0 Å². The number of aromatic nitrogens is 3. The van der Waals surface area contributed by atoms with E-state index in [9.17, 15) is 9.59 Å². The number of amides is 1. The van der Waals surface area contributed by atoms with Gasteiger partial charge in [0, 0.05) is 42.1 Å². The van der Waals surface area contributed by atoms with Crippen molar-refractivity contribution in [2.75, 3.05) is 19.6 Å². The lowest BCUT2D eigenvalue weighted by molar-refractivity contribution is 0.0949. The summed E-state index contributed by atoms with van der Waals surface area (Å²) in [5.41, 5.74) is 1.41. The standard InChI is InChI=1S/C20H24N6O2S/c1-12-9-26-11-15(24-20(26)29-12)7-22-18(27)16-3-2-14(23-19(16)28)10-25-5-4-13-6-21-8-17(13)25/h2-3,9,11,13,17,21H,4-8,10H2,1H3,(H,22,27)(H,23,28)/t13-,17+/m0/s1. The Morgan fingerprint density at radius 3 is 3.07 bits per heavy atom. The summed E-state index contributed by atoms with van der Waals surface area (Å²) in [7, 11) is 0. The molecule has 0 saturated carbocycles. The van der Waals surface area contributed by atoms with Gasteiger partial charge in [0.05, 0.1) is 12.2 Å². The molecule has 0 radical (unpaired) electrons. The minimum Gasteiger partial charge on any atom is -0.346 e. The molecule has 1 amide bonds. The van der Waals surface area contributed by atoms with Gasteiger partial charge >= 0.3 is 0 Å². The summed E-state index contributed by atoms with van der Waals surface area (Å²) in [5.74, 6) is 0.334. The second-order valence-electron chi connectivity index (χ2n) is 7.92. The second kappa shape index (κ2) is 7.40. The van der Waals surface area contributed by atoms with Crippen molar-refractivity contribution in [1.29, 1.82) is 0 Å². The monoisotopic (exact) mass is 412 g/mol. The zero-order valence-corrected chi connectivity index (χ0v) is 17.1. The molecule has 8 nitrogen and oxygen atoms in total. The van der Waals surface area contributed by atoms with E-state index < -0.39 is 0 Å². The van der Waals surface area contributed by atoms with Crippen LogP contribution >= 0.6 is 11.3 Å². The van der Waals surface area contributed by atoms with Crippen LogP contribution in [0.5, 0.6) is 0 Å². The van der Waals surface area contributed by atoms with Crippen LogP contribution in [0, 0.1) is 12.8 Å². The number of likely N-dealkylation sites (tertiary alicyclic amines) is 1. The topological polar surface area (TPSA) is 94.5 Å². The number of pyridine rings is 1. The molecule has 3 aromatic rings. The average molecular weight is 413 g/mol. The fraction of sp³-hybridized carbons (Fsp3) is 0.450. The molecular weight excluding hydrogens is 388 g/mol. The van der Waals surface area contributed by atoms with Crippen molar-refractivity contribution in [2.24, 2.45) is 5.92 Å². The Hall–Kier alpha value is -2.49.